The first-order valence-corrected chi connectivity index (χ1v) is 4.45. The minimum absolute atomic E-state index is 0.360. The Morgan fingerprint density at radius 3 is 2.80 bits per heavy atom. The Morgan fingerprint density at radius 1 is 1.47 bits per heavy atom. The molecule has 0 saturated heterocycles. The molecule has 0 bridgehead atoms. The summed E-state index contributed by atoms with van der Waals surface area (Å²) in [6.45, 7) is 0. The van der Waals surface area contributed by atoms with Crippen LogP contribution in [0.5, 0.6) is 5.75 Å². The Balaban J connectivity index is 2.96. The van der Waals surface area contributed by atoms with Gasteiger partial charge in [0.05, 0.1) is 18.0 Å². The predicted octanol–water partition coefficient (Wildman–Crippen LogP) is 2.14. The van der Waals surface area contributed by atoms with Gasteiger partial charge >= 0.3 is 0 Å². The zero-order valence-corrected chi connectivity index (χ0v) is 8.45. The van der Waals surface area contributed by atoms with Gasteiger partial charge in [-0.1, -0.05) is 0 Å². The van der Waals surface area contributed by atoms with Gasteiger partial charge in [-0.15, -0.1) is 0 Å². The third-order valence-corrected chi connectivity index (χ3v) is 2.41. The number of nitrogens with zero attached hydrogens (tertiary/aromatic N) is 1. The monoisotopic (exact) mass is 207 g/mol. The number of halogens is 1. The molecule has 0 aliphatic carbocycles. The van der Waals surface area contributed by atoms with Gasteiger partial charge in [0.25, 0.3) is 0 Å². The number of carbonyl (C=O) groups excluding carboxylic acids is 1. The lowest BCUT2D eigenvalue weighted by Gasteiger charge is -2.03. The van der Waals surface area contributed by atoms with Gasteiger partial charge in [-0.05, 0) is 12.1 Å². The number of benzene rings is 1. The molecule has 0 aliphatic heterocycles. The third-order valence-electron chi connectivity index (χ3n) is 2.41. The largest absolute Gasteiger partial charge is 0.496 e. The fourth-order valence-corrected chi connectivity index (χ4v) is 1.77. The van der Waals surface area contributed by atoms with Gasteiger partial charge in [0.15, 0.2) is 6.29 Å². The number of aldehydes is 1. The van der Waals surface area contributed by atoms with Crippen molar-refractivity contribution in [3.63, 3.8) is 0 Å². The lowest BCUT2D eigenvalue weighted by Crippen LogP contribution is -1.90. The van der Waals surface area contributed by atoms with Crippen molar-refractivity contribution in [2.75, 3.05) is 7.11 Å². The zero-order chi connectivity index (χ0) is 11.0. The molecule has 0 radical (unpaired) electrons. The summed E-state index contributed by atoms with van der Waals surface area (Å²) in [5.41, 5.74) is 0.820. The maximum Gasteiger partial charge on any atom is 0.152 e. The second-order valence-corrected chi connectivity index (χ2v) is 3.29. The average Bonchev–Trinajstić information content (AvgIpc) is 2.58. The van der Waals surface area contributed by atoms with E-state index >= 15 is 0 Å². The van der Waals surface area contributed by atoms with Crippen molar-refractivity contribution in [2.45, 2.75) is 0 Å². The molecule has 1 aromatic heterocycles. The van der Waals surface area contributed by atoms with E-state index in [1.165, 1.54) is 19.2 Å². The highest BCUT2D eigenvalue weighted by atomic mass is 19.1. The first-order chi connectivity index (χ1) is 7.19. The summed E-state index contributed by atoms with van der Waals surface area (Å²) in [6.07, 6.45) is 2.29. The highest BCUT2D eigenvalue weighted by molar-refractivity contribution is 6.01. The van der Waals surface area contributed by atoms with Crippen LogP contribution in [0.1, 0.15) is 10.4 Å². The molecule has 2 aromatic rings. The van der Waals surface area contributed by atoms with Crippen molar-refractivity contribution in [1.82, 2.24) is 4.57 Å². The van der Waals surface area contributed by atoms with Crippen LogP contribution in [0.25, 0.3) is 10.9 Å². The van der Waals surface area contributed by atoms with Crippen LogP contribution in [-0.2, 0) is 7.05 Å². The van der Waals surface area contributed by atoms with Crippen LogP contribution in [0.4, 0.5) is 4.39 Å². The normalized spacial score (nSPS) is 10.6. The molecule has 78 valence electrons. The molecule has 0 unspecified atom stereocenters. The molecular weight excluding hydrogens is 197 g/mol. The van der Waals surface area contributed by atoms with Crippen LogP contribution in [0, 0.1) is 5.82 Å². The lowest BCUT2D eigenvalue weighted by molar-refractivity contribution is 0.112. The van der Waals surface area contributed by atoms with Gasteiger partial charge in [-0.2, -0.15) is 0 Å². The van der Waals surface area contributed by atoms with E-state index in [2.05, 4.69) is 0 Å². The fourth-order valence-electron chi connectivity index (χ4n) is 1.77. The van der Waals surface area contributed by atoms with Crippen LogP contribution in [0.3, 0.4) is 0 Å². The Morgan fingerprint density at radius 2 is 2.20 bits per heavy atom. The van der Waals surface area contributed by atoms with Crippen molar-refractivity contribution in [3.8, 4) is 5.75 Å². The number of aryl methyl sites for hydroxylation is 1. The fraction of sp³-hybridized carbons (Fsp3) is 0.182. The number of methoxy groups -OCH3 is 1. The standard InChI is InChI=1S/C11H10FNO2/c1-13-5-7(6-14)10-9(15-2)4-3-8(12)11(10)13/h3-6H,1-2H3. The lowest BCUT2D eigenvalue weighted by atomic mass is 10.1. The van der Waals surface area contributed by atoms with E-state index in [-0.39, 0.29) is 5.82 Å². The summed E-state index contributed by atoms with van der Waals surface area (Å²) < 4.78 is 20.2. The van der Waals surface area contributed by atoms with E-state index in [9.17, 15) is 9.18 Å². The summed E-state index contributed by atoms with van der Waals surface area (Å²) in [4.78, 5) is 10.8. The molecular formula is C11H10FNO2. The molecule has 0 amide bonds. The van der Waals surface area contributed by atoms with Crippen LogP contribution < -0.4 is 4.74 Å². The number of aromatic nitrogens is 1. The number of fused-ring (bicyclic) bond motifs is 1. The number of hydrogen-bond donors (Lipinski definition) is 0. The van der Waals surface area contributed by atoms with E-state index in [1.54, 1.807) is 17.8 Å². The van der Waals surface area contributed by atoms with Crippen molar-refractivity contribution >= 4 is 17.2 Å². The van der Waals surface area contributed by atoms with Crippen molar-refractivity contribution in [1.29, 1.82) is 0 Å². The maximum atomic E-state index is 13.5. The maximum absolute atomic E-state index is 13.5. The van der Waals surface area contributed by atoms with Crippen LogP contribution in [-0.4, -0.2) is 18.0 Å². The molecule has 0 fully saturated rings. The predicted molar refractivity (Wildman–Crippen MR) is 54.8 cm³/mol. The van der Waals surface area contributed by atoms with E-state index in [0.717, 1.165) is 0 Å². The Labute approximate surface area is 86.1 Å². The SMILES string of the molecule is COc1ccc(F)c2c1c(C=O)cn2C. The van der Waals surface area contributed by atoms with Crippen molar-refractivity contribution in [2.24, 2.45) is 7.05 Å². The molecule has 0 spiro atoms. The summed E-state index contributed by atoms with van der Waals surface area (Å²) in [7, 11) is 3.19. The third kappa shape index (κ3) is 1.29. The number of carbonyl (C=O) groups is 1. The number of hydrogen-bond acceptors (Lipinski definition) is 2. The van der Waals surface area contributed by atoms with Crippen molar-refractivity contribution < 1.29 is 13.9 Å². The van der Waals surface area contributed by atoms with Crippen molar-refractivity contribution in [3.05, 3.63) is 29.7 Å². The van der Waals surface area contributed by atoms with Crippen LogP contribution in [0.15, 0.2) is 18.3 Å². The Bertz CT molecular complexity index is 531. The highest BCUT2D eigenvalue weighted by Crippen LogP contribution is 2.31. The minimum Gasteiger partial charge on any atom is -0.496 e. The molecule has 0 atom stereocenters. The zero-order valence-electron chi connectivity index (χ0n) is 8.45. The van der Waals surface area contributed by atoms with Crippen LogP contribution in [0.2, 0.25) is 0 Å². The number of rotatable bonds is 2. The van der Waals surface area contributed by atoms with Crippen LogP contribution >= 0.6 is 0 Å². The molecule has 3 nitrogen and oxygen atoms in total. The quantitative estimate of drug-likeness (QED) is 0.706. The Hall–Kier alpha value is -1.84. The van der Waals surface area contributed by atoms with E-state index in [4.69, 9.17) is 4.74 Å². The summed E-state index contributed by atoms with van der Waals surface area (Å²) >= 11 is 0. The first kappa shape index (κ1) is 9.71. The van der Waals surface area contributed by atoms with Gasteiger partial charge in [0.1, 0.15) is 11.6 Å². The minimum atomic E-state index is -0.360. The topological polar surface area (TPSA) is 31.2 Å². The second kappa shape index (κ2) is 3.38. The van der Waals surface area contributed by atoms with Gasteiger partial charge in [0, 0.05) is 18.8 Å². The molecule has 0 aliphatic rings. The summed E-state index contributed by atoms with van der Waals surface area (Å²) in [6, 6.07) is 2.85. The Kier molecular flexibility index (Phi) is 2.19. The van der Waals surface area contributed by atoms with E-state index in [0.29, 0.717) is 28.5 Å². The average molecular weight is 207 g/mol. The van der Waals surface area contributed by atoms with Gasteiger partial charge < -0.3 is 9.30 Å². The summed E-state index contributed by atoms with van der Waals surface area (Å²) in [5.74, 6) is 0.149. The smallest absolute Gasteiger partial charge is 0.152 e. The molecule has 4 heteroatoms. The molecule has 1 heterocycles. The van der Waals surface area contributed by atoms with E-state index < -0.39 is 0 Å². The highest BCUT2D eigenvalue weighted by Gasteiger charge is 2.14. The number of ether oxygens (including phenoxy) is 1. The molecule has 2 rings (SSSR count). The molecule has 0 N–H and O–H groups in total. The van der Waals surface area contributed by atoms with Gasteiger partial charge in [-0.25, -0.2) is 4.39 Å². The van der Waals surface area contributed by atoms with E-state index in [1.807, 2.05) is 0 Å². The molecule has 0 saturated carbocycles. The van der Waals surface area contributed by atoms with Gasteiger partial charge in [-0.3, -0.25) is 4.79 Å². The molecule has 1 aromatic carbocycles. The summed E-state index contributed by atoms with van der Waals surface area (Å²) in [5, 5.41) is 0.523. The second-order valence-electron chi connectivity index (χ2n) is 3.29. The molecule has 15 heavy (non-hydrogen) atoms. The first-order valence-electron chi connectivity index (χ1n) is 4.45. The van der Waals surface area contributed by atoms with Gasteiger partial charge in [0.2, 0.25) is 0 Å².